The summed E-state index contributed by atoms with van der Waals surface area (Å²) in [7, 11) is 0. The summed E-state index contributed by atoms with van der Waals surface area (Å²) in [5, 5.41) is 15.2. The molecule has 166 valence electrons. The molecule has 2 aromatic rings. The van der Waals surface area contributed by atoms with Gasteiger partial charge in [0.2, 0.25) is 0 Å². The second kappa shape index (κ2) is 11.8. The van der Waals surface area contributed by atoms with Crippen LogP contribution in [0.1, 0.15) is 31.9 Å². The molecule has 0 aromatic heterocycles. The van der Waals surface area contributed by atoms with Crippen LogP contribution in [0.25, 0.3) is 6.08 Å². The topological polar surface area (TPSA) is 96.9 Å². The summed E-state index contributed by atoms with van der Waals surface area (Å²) in [6.07, 6.45) is 2.12. The third kappa shape index (κ3) is 9.35. The van der Waals surface area contributed by atoms with Gasteiger partial charge in [-0.2, -0.15) is 0 Å². The van der Waals surface area contributed by atoms with Crippen LogP contribution in [0.4, 0.5) is 9.59 Å². The van der Waals surface area contributed by atoms with Crippen LogP contribution in [0.3, 0.4) is 0 Å². The molecule has 2 atom stereocenters. The predicted octanol–water partition coefficient (Wildman–Crippen LogP) is 3.88. The highest BCUT2D eigenvalue weighted by Gasteiger charge is 2.25. The minimum atomic E-state index is -0.823. The molecular weight excluding hydrogens is 396 g/mol. The average molecular weight is 427 g/mol. The molecule has 0 aliphatic heterocycles. The number of nitrogens with one attached hydrogen (secondary N) is 2. The normalized spacial score (nSPS) is 13.3. The summed E-state index contributed by atoms with van der Waals surface area (Å²) >= 11 is 0. The van der Waals surface area contributed by atoms with Crippen LogP contribution in [0.5, 0.6) is 0 Å². The van der Waals surface area contributed by atoms with Crippen molar-refractivity contribution < 1.29 is 24.2 Å². The number of amides is 2. The van der Waals surface area contributed by atoms with Crippen molar-refractivity contribution in [1.82, 2.24) is 10.6 Å². The lowest BCUT2D eigenvalue weighted by atomic mass is 10.1. The molecule has 0 spiro atoms. The van der Waals surface area contributed by atoms with E-state index in [0.29, 0.717) is 0 Å². The summed E-state index contributed by atoms with van der Waals surface area (Å²) in [5.74, 6) is 0. The summed E-state index contributed by atoms with van der Waals surface area (Å²) in [4.78, 5) is 24.6. The van der Waals surface area contributed by atoms with Crippen LogP contribution < -0.4 is 10.6 Å². The van der Waals surface area contributed by atoms with Gasteiger partial charge in [-0.3, -0.25) is 0 Å². The van der Waals surface area contributed by atoms with Gasteiger partial charge in [-0.15, -0.1) is 0 Å². The number of aliphatic hydroxyl groups excluding tert-OH is 1. The molecule has 0 aliphatic rings. The standard InChI is InChI=1S/C24H30N2O5/c1-24(2,3)31-23(29)25-20(15-14-18-10-6-4-7-11-18)21(16-27)26-22(28)30-17-19-12-8-5-9-13-19/h4-15,20-21,27H,16-17H2,1-3H3,(H,25,29)(H,26,28)/b15-14+/t20-,21-/m1/s1. The molecule has 0 unspecified atom stereocenters. The maximum atomic E-state index is 12.3. The van der Waals surface area contributed by atoms with E-state index in [4.69, 9.17) is 9.47 Å². The molecule has 0 aliphatic carbocycles. The largest absolute Gasteiger partial charge is 0.445 e. The van der Waals surface area contributed by atoms with E-state index < -0.39 is 36.5 Å². The number of benzene rings is 2. The number of carbonyl (C=O) groups is 2. The monoisotopic (exact) mass is 426 g/mol. The molecule has 0 fully saturated rings. The number of hydrogen-bond acceptors (Lipinski definition) is 5. The molecule has 31 heavy (non-hydrogen) atoms. The van der Waals surface area contributed by atoms with E-state index in [-0.39, 0.29) is 6.61 Å². The second-order valence-electron chi connectivity index (χ2n) is 7.94. The first-order chi connectivity index (χ1) is 14.8. The maximum Gasteiger partial charge on any atom is 0.408 e. The van der Waals surface area contributed by atoms with E-state index in [1.54, 1.807) is 32.9 Å². The molecular formula is C24H30N2O5. The second-order valence-corrected chi connectivity index (χ2v) is 7.94. The Balaban J connectivity index is 2.07. The Labute approximate surface area is 183 Å². The maximum absolute atomic E-state index is 12.3. The highest BCUT2D eigenvalue weighted by Crippen LogP contribution is 2.10. The fourth-order valence-electron chi connectivity index (χ4n) is 2.67. The molecule has 0 radical (unpaired) electrons. The van der Waals surface area contributed by atoms with Gasteiger partial charge in [0.05, 0.1) is 18.7 Å². The Morgan fingerprint density at radius 2 is 1.58 bits per heavy atom. The van der Waals surface area contributed by atoms with Gasteiger partial charge in [-0.1, -0.05) is 72.8 Å². The zero-order valence-corrected chi connectivity index (χ0v) is 18.1. The SMILES string of the molecule is CC(C)(C)OC(=O)N[C@H](/C=C/c1ccccc1)[C@@H](CO)NC(=O)OCc1ccccc1. The zero-order chi connectivity index (χ0) is 22.7. The summed E-state index contributed by atoms with van der Waals surface area (Å²) in [6.45, 7) is 4.94. The van der Waals surface area contributed by atoms with E-state index >= 15 is 0 Å². The van der Waals surface area contributed by atoms with E-state index in [2.05, 4.69) is 10.6 Å². The molecule has 7 nitrogen and oxygen atoms in total. The van der Waals surface area contributed by atoms with Gasteiger partial charge < -0.3 is 25.2 Å². The fraction of sp³-hybridized carbons (Fsp3) is 0.333. The quantitative estimate of drug-likeness (QED) is 0.595. The predicted molar refractivity (Wildman–Crippen MR) is 119 cm³/mol. The number of carbonyl (C=O) groups excluding carboxylic acids is 2. The van der Waals surface area contributed by atoms with Crippen LogP contribution in [-0.4, -0.2) is 41.6 Å². The van der Waals surface area contributed by atoms with Gasteiger partial charge in [0.15, 0.2) is 0 Å². The average Bonchev–Trinajstić information content (AvgIpc) is 2.74. The minimum Gasteiger partial charge on any atom is -0.445 e. The van der Waals surface area contributed by atoms with Crippen molar-refractivity contribution in [2.75, 3.05) is 6.61 Å². The number of alkyl carbamates (subject to hydrolysis) is 2. The molecule has 2 aromatic carbocycles. The molecule has 0 heterocycles. The smallest absolute Gasteiger partial charge is 0.408 e. The number of hydrogen-bond donors (Lipinski definition) is 3. The minimum absolute atomic E-state index is 0.0921. The summed E-state index contributed by atoms with van der Waals surface area (Å²) in [5.41, 5.74) is 1.06. The van der Waals surface area contributed by atoms with Crippen molar-refractivity contribution in [3.8, 4) is 0 Å². The van der Waals surface area contributed by atoms with Crippen molar-refractivity contribution in [3.63, 3.8) is 0 Å². The van der Waals surface area contributed by atoms with E-state index in [1.807, 2.05) is 60.7 Å². The molecule has 3 N–H and O–H groups in total. The van der Waals surface area contributed by atoms with Crippen molar-refractivity contribution in [2.45, 2.75) is 45.1 Å². The first-order valence-electron chi connectivity index (χ1n) is 10.1. The fourth-order valence-corrected chi connectivity index (χ4v) is 2.67. The van der Waals surface area contributed by atoms with E-state index in [0.717, 1.165) is 11.1 Å². The number of aliphatic hydroxyl groups is 1. The van der Waals surface area contributed by atoms with E-state index in [9.17, 15) is 14.7 Å². The van der Waals surface area contributed by atoms with Crippen molar-refractivity contribution in [3.05, 3.63) is 77.9 Å². The van der Waals surface area contributed by atoms with Gasteiger partial charge in [-0.25, -0.2) is 9.59 Å². The third-order valence-electron chi connectivity index (χ3n) is 4.13. The highest BCUT2D eigenvalue weighted by atomic mass is 16.6. The van der Waals surface area contributed by atoms with Crippen LogP contribution >= 0.6 is 0 Å². The van der Waals surface area contributed by atoms with Crippen molar-refractivity contribution in [1.29, 1.82) is 0 Å². The molecule has 0 saturated heterocycles. The Morgan fingerprint density at radius 3 is 2.16 bits per heavy atom. The first kappa shape index (κ1) is 24.0. The zero-order valence-electron chi connectivity index (χ0n) is 18.1. The Kier molecular flexibility index (Phi) is 9.09. The Bertz CT molecular complexity index is 847. The van der Waals surface area contributed by atoms with Crippen molar-refractivity contribution >= 4 is 18.3 Å². The Morgan fingerprint density at radius 1 is 0.968 bits per heavy atom. The van der Waals surface area contributed by atoms with Gasteiger partial charge in [0.25, 0.3) is 0 Å². The third-order valence-corrected chi connectivity index (χ3v) is 4.13. The summed E-state index contributed by atoms with van der Waals surface area (Å²) in [6, 6.07) is 17.2. The lowest BCUT2D eigenvalue weighted by Crippen LogP contribution is -2.53. The molecule has 0 saturated carbocycles. The van der Waals surface area contributed by atoms with Gasteiger partial charge in [0.1, 0.15) is 12.2 Å². The van der Waals surface area contributed by atoms with Crippen LogP contribution in [0.2, 0.25) is 0 Å². The Hall–Kier alpha value is -3.32. The molecule has 0 bridgehead atoms. The molecule has 7 heteroatoms. The lowest BCUT2D eigenvalue weighted by molar-refractivity contribution is 0.0494. The molecule has 2 amide bonds. The molecule has 2 rings (SSSR count). The van der Waals surface area contributed by atoms with Crippen LogP contribution in [0, 0.1) is 0 Å². The number of rotatable bonds is 8. The first-order valence-corrected chi connectivity index (χ1v) is 10.1. The van der Waals surface area contributed by atoms with Gasteiger partial charge in [0, 0.05) is 0 Å². The number of ether oxygens (including phenoxy) is 2. The van der Waals surface area contributed by atoms with E-state index in [1.165, 1.54) is 0 Å². The summed E-state index contributed by atoms with van der Waals surface area (Å²) < 4.78 is 10.5. The van der Waals surface area contributed by atoms with Crippen LogP contribution in [0.15, 0.2) is 66.7 Å². The highest BCUT2D eigenvalue weighted by molar-refractivity contribution is 5.70. The van der Waals surface area contributed by atoms with Gasteiger partial charge >= 0.3 is 12.2 Å². The van der Waals surface area contributed by atoms with Crippen molar-refractivity contribution in [2.24, 2.45) is 0 Å². The van der Waals surface area contributed by atoms with Gasteiger partial charge in [-0.05, 0) is 31.9 Å². The lowest BCUT2D eigenvalue weighted by Gasteiger charge is -2.27. The van der Waals surface area contributed by atoms with Crippen LogP contribution in [-0.2, 0) is 16.1 Å².